The Morgan fingerprint density at radius 1 is 0.885 bits per heavy atom. The molecule has 2 aromatic rings. The molecule has 0 bridgehead atoms. The molecule has 0 aliphatic rings. The molecule has 1 aromatic heterocycles. The predicted molar refractivity (Wildman–Crippen MR) is 111 cm³/mol. The van der Waals surface area contributed by atoms with Gasteiger partial charge in [0.1, 0.15) is 0 Å². The van der Waals surface area contributed by atoms with Crippen LogP contribution in [0.15, 0.2) is 35.5 Å². The summed E-state index contributed by atoms with van der Waals surface area (Å²) in [4.78, 5) is 0. The van der Waals surface area contributed by atoms with Crippen molar-refractivity contribution in [1.29, 1.82) is 0 Å². The third-order valence-electron chi connectivity index (χ3n) is 4.86. The second-order valence-corrected chi connectivity index (χ2v) is 8.12. The first-order valence-electron chi connectivity index (χ1n) is 10.3. The summed E-state index contributed by atoms with van der Waals surface area (Å²) in [6.07, 6.45) is 13.6. The summed E-state index contributed by atoms with van der Waals surface area (Å²) in [6, 6.07) is 10.1. The normalized spacial score (nSPS) is 12.4. The monoisotopic (exact) mass is 374 g/mol. The van der Waals surface area contributed by atoms with Crippen LogP contribution < -0.4 is 0 Å². The highest BCUT2D eigenvalue weighted by Crippen LogP contribution is 2.24. The fourth-order valence-electron chi connectivity index (χ4n) is 3.31. The van der Waals surface area contributed by atoms with E-state index < -0.39 is 0 Å². The number of hydrogen-bond acceptors (Lipinski definition) is 4. The van der Waals surface area contributed by atoms with Crippen molar-refractivity contribution in [3.05, 3.63) is 30.3 Å². The van der Waals surface area contributed by atoms with Gasteiger partial charge < -0.3 is 0 Å². The van der Waals surface area contributed by atoms with Gasteiger partial charge in [-0.05, 0) is 34.9 Å². The second kappa shape index (κ2) is 12.9. The summed E-state index contributed by atoms with van der Waals surface area (Å²) >= 11 is 1.77. The Morgan fingerprint density at radius 2 is 1.58 bits per heavy atom. The summed E-state index contributed by atoms with van der Waals surface area (Å²) in [5.74, 6) is 2.02. The van der Waals surface area contributed by atoms with Gasteiger partial charge in [-0.1, -0.05) is 102 Å². The van der Waals surface area contributed by atoms with Crippen LogP contribution in [0.1, 0.15) is 78.1 Å². The number of aromatic nitrogens is 4. The minimum Gasteiger partial charge on any atom is -0.188 e. The van der Waals surface area contributed by atoms with Crippen LogP contribution in [0.2, 0.25) is 0 Å². The maximum atomic E-state index is 4.18. The molecule has 144 valence electrons. The lowest BCUT2D eigenvalue weighted by Gasteiger charge is -2.16. The van der Waals surface area contributed by atoms with Gasteiger partial charge in [0.15, 0.2) is 0 Å². The van der Waals surface area contributed by atoms with Crippen molar-refractivity contribution >= 4 is 11.8 Å². The molecule has 0 N–H and O–H groups in total. The van der Waals surface area contributed by atoms with Crippen molar-refractivity contribution in [2.75, 3.05) is 5.75 Å². The minimum atomic E-state index is 0.890. The molecule has 26 heavy (non-hydrogen) atoms. The van der Waals surface area contributed by atoms with Crippen molar-refractivity contribution in [3.63, 3.8) is 0 Å². The van der Waals surface area contributed by atoms with Gasteiger partial charge in [-0.25, -0.2) is 0 Å². The molecule has 1 heterocycles. The van der Waals surface area contributed by atoms with Gasteiger partial charge in [0.05, 0.1) is 5.69 Å². The van der Waals surface area contributed by atoms with E-state index in [2.05, 4.69) is 29.4 Å². The van der Waals surface area contributed by atoms with Crippen molar-refractivity contribution < 1.29 is 0 Å². The first-order valence-corrected chi connectivity index (χ1v) is 11.3. The lowest BCUT2D eigenvalue weighted by Crippen LogP contribution is -2.02. The molecular weight excluding hydrogens is 340 g/mol. The van der Waals surface area contributed by atoms with E-state index in [0.717, 1.165) is 22.5 Å². The zero-order valence-electron chi connectivity index (χ0n) is 16.4. The average molecular weight is 375 g/mol. The van der Waals surface area contributed by atoms with Gasteiger partial charge in [-0.3, -0.25) is 0 Å². The molecule has 5 heteroatoms. The smallest absolute Gasteiger partial charge is 0.188 e. The minimum absolute atomic E-state index is 0.890. The van der Waals surface area contributed by atoms with Gasteiger partial charge in [-0.15, -0.1) is 5.10 Å². The van der Waals surface area contributed by atoms with E-state index in [1.807, 2.05) is 35.0 Å². The van der Waals surface area contributed by atoms with E-state index in [1.54, 1.807) is 11.8 Å². The highest BCUT2D eigenvalue weighted by molar-refractivity contribution is 7.99. The summed E-state index contributed by atoms with van der Waals surface area (Å²) in [6.45, 7) is 4.60. The first kappa shape index (κ1) is 20.9. The maximum absolute atomic E-state index is 4.18. The molecule has 0 spiro atoms. The third-order valence-corrected chi connectivity index (χ3v) is 5.87. The molecule has 1 aromatic carbocycles. The van der Waals surface area contributed by atoms with Crippen LogP contribution in [0.3, 0.4) is 0 Å². The zero-order valence-corrected chi connectivity index (χ0v) is 17.3. The van der Waals surface area contributed by atoms with Crippen LogP contribution in [0, 0.1) is 5.92 Å². The molecule has 1 unspecified atom stereocenters. The zero-order chi connectivity index (χ0) is 18.5. The molecule has 0 aliphatic carbocycles. The first-order chi connectivity index (χ1) is 12.8. The van der Waals surface area contributed by atoms with Crippen LogP contribution in [0.4, 0.5) is 0 Å². The lowest BCUT2D eigenvalue weighted by atomic mass is 9.91. The molecule has 0 fully saturated rings. The summed E-state index contributed by atoms with van der Waals surface area (Å²) in [5.41, 5.74) is 1.02. The summed E-state index contributed by atoms with van der Waals surface area (Å²) in [7, 11) is 0. The largest absolute Gasteiger partial charge is 0.214 e. The van der Waals surface area contributed by atoms with E-state index in [0.29, 0.717) is 0 Å². The standard InChI is InChI=1S/C21H34N4S/c1-3-5-8-14-19(13-6-4-2)15-11-12-18-26-21-22-23-24-25(21)20-16-9-7-10-17-20/h7,9-10,16-17,19H,3-6,8,11-15,18H2,1-2H3. The number of unbranched alkanes of at least 4 members (excludes halogenated alkanes) is 4. The number of nitrogens with zero attached hydrogens (tertiary/aromatic N) is 4. The SMILES string of the molecule is CCCCCC(CCCC)CCCCSc1nnnn1-c1ccccc1. The maximum Gasteiger partial charge on any atom is 0.214 e. The Bertz CT molecular complexity index is 585. The Labute approximate surface area is 163 Å². The van der Waals surface area contributed by atoms with Gasteiger partial charge in [0.2, 0.25) is 5.16 Å². The quantitative estimate of drug-likeness (QED) is 0.287. The van der Waals surface area contributed by atoms with E-state index >= 15 is 0 Å². The molecule has 0 radical (unpaired) electrons. The number of tetrazole rings is 1. The van der Waals surface area contributed by atoms with Gasteiger partial charge in [-0.2, -0.15) is 4.68 Å². The fraction of sp³-hybridized carbons (Fsp3) is 0.667. The number of rotatable bonds is 14. The van der Waals surface area contributed by atoms with Crippen LogP contribution >= 0.6 is 11.8 Å². The molecule has 0 saturated carbocycles. The second-order valence-electron chi connectivity index (χ2n) is 7.06. The topological polar surface area (TPSA) is 43.6 Å². The molecular formula is C21H34N4S. The van der Waals surface area contributed by atoms with Gasteiger partial charge >= 0.3 is 0 Å². The van der Waals surface area contributed by atoms with Crippen molar-refractivity contribution in [1.82, 2.24) is 20.2 Å². The Kier molecular flexibility index (Phi) is 10.4. The highest BCUT2D eigenvalue weighted by atomic mass is 32.2. The molecule has 0 saturated heterocycles. The van der Waals surface area contributed by atoms with Crippen molar-refractivity contribution in [2.24, 2.45) is 5.92 Å². The fourth-order valence-corrected chi connectivity index (χ4v) is 4.20. The average Bonchev–Trinajstić information content (AvgIpc) is 3.14. The van der Waals surface area contributed by atoms with E-state index in [1.165, 1.54) is 64.2 Å². The van der Waals surface area contributed by atoms with E-state index in [4.69, 9.17) is 0 Å². The molecule has 2 rings (SSSR count). The third kappa shape index (κ3) is 7.48. The molecule has 1 atom stereocenters. The van der Waals surface area contributed by atoms with Crippen LogP contribution in [0.5, 0.6) is 0 Å². The summed E-state index contributed by atoms with van der Waals surface area (Å²) < 4.78 is 1.83. The highest BCUT2D eigenvalue weighted by Gasteiger charge is 2.10. The van der Waals surface area contributed by atoms with Crippen LogP contribution in [-0.2, 0) is 0 Å². The number of benzene rings is 1. The number of thioether (sulfide) groups is 1. The lowest BCUT2D eigenvalue weighted by molar-refractivity contribution is 0.379. The number of para-hydroxylation sites is 1. The molecule has 0 amide bonds. The van der Waals surface area contributed by atoms with Crippen LogP contribution in [-0.4, -0.2) is 26.0 Å². The number of hydrogen-bond donors (Lipinski definition) is 0. The van der Waals surface area contributed by atoms with Crippen molar-refractivity contribution in [3.8, 4) is 5.69 Å². The Morgan fingerprint density at radius 3 is 2.31 bits per heavy atom. The predicted octanol–water partition coefficient (Wildman–Crippen LogP) is 6.31. The van der Waals surface area contributed by atoms with Gasteiger partial charge in [0.25, 0.3) is 0 Å². The molecule has 0 aliphatic heterocycles. The molecule has 4 nitrogen and oxygen atoms in total. The van der Waals surface area contributed by atoms with Crippen LogP contribution in [0.25, 0.3) is 5.69 Å². The van der Waals surface area contributed by atoms with Gasteiger partial charge in [0, 0.05) is 5.75 Å². The Hall–Kier alpha value is -1.36. The van der Waals surface area contributed by atoms with E-state index in [-0.39, 0.29) is 0 Å². The van der Waals surface area contributed by atoms with E-state index in [9.17, 15) is 0 Å². The summed E-state index contributed by atoms with van der Waals surface area (Å²) in [5, 5.41) is 13.0. The van der Waals surface area contributed by atoms with Crippen molar-refractivity contribution in [2.45, 2.75) is 83.2 Å². The Balaban J connectivity index is 1.70.